The number of rotatable bonds is 2. The molecule has 1 heteroatoms. The molecule has 2 aliphatic rings. The summed E-state index contributed by atoms with van der Waals surface area (Å²) in [6.45, 7) is 10.5. The van der Waals surface area contributed by atoms with Gasteiger partial charge in [0.05, 0.1) is 0 Å². The van der Waals surface area contributed by atoms with E-state index in [-0.39, 0.29) is 5.41 Å². The fourth-order valence-electron chi connectivity index (χ4n) is 4.79. The fraction of sp³-hybridized carbons (Fsp3) is 0.500. The van der Waals surface area contributed by atoms with Crippen molar-refractivity contribution in [3.63, 3.8) is 0 Å². The molecule has 0 unspecified atom stereocenters. The van der Waals surface area contributed by atoms with Crippen LogP contribution in [0, 0.1) is 5.92 Å². The van der Waals surface area contributed by atoms with E-state index in [0.717, 1.165) is 18.4 Å². The molecule has 2 aromatic rings. The van der Waals surface area contributed by atoms with Gasteiger partial charge in [0.25, 0.3) is 0 Å². The Labute approximate surface area is 153 Å². The zero-order valence-electron chi connectivity index (χ0n) is 16.0. The second-order valence-corrected chi connectivity index (χ2v) is 9.07. The summed E-state index contributed by atoms with van der Waals surface area (Å²) >= 11 is 0. The van der Waals surface area contributed by atoms with E-state index < -0.39 is 0 Å². The quantitative estimate of drug-likeness (QED) is 0.698. The van der Waals surface area contributed by atoms with Gasteiger partial charge in [0.1, 0.15) is 0 Å². The maximum absolute atomic E-state index is 2.68. The third-order valence-electron chi connectivity index (χ3n) is 6.28. The topological polar surface area (TPSA) is 3.24 Å². The van der Waals surface area contributed by atoms with Crippen LogP contribution in [0.1, 0.15) is 61.8 Å². The summed E-state index contributed by atoms with van der Waals surface area (Å²) in [5.41, 5.74) is 6.39. The van der Waals surface area contributed by atoms with Gasteiger partial charge in [0, 0.05) is 13.1 Å². The van der Waals surface area contributed by atoms with Gasteiger partial charge in [-0.2, -0.15) is 0 Å². The molecular formula is C24H31N. The molecule has 0 amide bonds. The number of piperidine rings is 1. The van der Waals surface area contributed by atoms with Gasteiger partial charge in [-0.3, -0.25) is 4.90 Å². The third kappa shape index (κ3) is 3.53. The average Bonchev–Trinajstić information content (AvgIpc) is 2.61. The molecule has 1 heterocycles. The highest BCUT2D eigenvalue weighted by Crippen LogP contribution is 2.41. The van der Waals surface area contributed by atoms with Gasteiger partial charge in [-0.1, -0.05) is 69.3 Å². The number of likely N-dealkylation sites (tertiary alicyclic amines) is 1. The molecule has 0 saturated carbocycles. The molecule has 4 rings (SSSR count). The van der Waals surface area contributed by atoms with Crippen molar-refractivity contribution in [2.24, 2.45) is 5.92 Å². The minimum absolute atomic E-state index is 0.242. The maximum Gasteiger partial charge on any atom is 0.0233 e. The Balaban J connectivity index is 1.42. The second-order valence-electron chi connectivity index (χ2n) is 9.07. The smallest absolute Gasteiger partial charge is 0.0233 e. The number of hydrogen-bond acceptors (Lipinski definition) is 1. The zero-order valence-corrected chi connectivity index (χ0v) is 16.0. The molecule has 1 saturated heterocycles. The standard InChI is InChI=1S/C24H31N/c1-24(2,3)21-12-8-18(9-13-21)16-25-15-14-23-20(17-25)11-10-19-6-4-5-7-22(19)23/h4-9,12-13,20,23H,10-11,14-17H2,1-3H3/t20-,23-/m1/s1. The number of nitrogens with zero attached hydrogens (tertiary/aromatic N) is 1. The summed E-state index contributed by atoms with van der Waals surface area (Å²) in [4.78, 5) is 2.68. The van der Waals surface area contributed by atoms with E-state index in [1.54, 1.807) is 11.1 Å². The van der Waals surface area contributed by atoms with Crippen LogP contribution < -0.4 is 0 Å². The van der Waals surface area contributed by atoms with Crippen molar-refractivity contribution in [1.29, 1.82) is 0 Å². The summed E-state index contributed by atoms with van der Waals surface area (Å²) in [7, 11) is 0. The molecule has 0 aromatic heterocycles. The average molecular weight is 334 g/mol. The normalized spacial score (nSPS) is 23.8. The Kier molecular flexibility index (Phi) is 4.45. The van der Waals surface area contributed by atoms with Crippen molar-refractivity contribution in [3.8, 4) is 0 Å². The van der Waals surface area contributed by atoms with Crippen LogP contribution in [0.2, 0.25) is 0 Å². The summed E-state index contributed by atoms with van der Waals surface area (Å²) < 4.78 is 0. The van der Waals surface area contributed by atoms with Crippen molar-refractivity contribution in [1.82, 2.24) is 4.90 Å². The number of fused-ring (bicyclic) bond motifs is 3. The van der Waals surface area contributed by atoms with Gasteiger partial charge in [-0.25, -0.2) is 0 Å². The Morgan fingerprint density at radius 2 is 1.72 bits per heavy atom. The third-order valence-corrected chi connectivity index (χ3v) is 6.28. The van der Waals surface area contributed by atoms with Gasteiger partial charge in [0.2, 0.25) is 0 Å². The molecule has 0 bridgehead atoms. The summed E-state index contributed by atoms with van der Waals surface area (Å²) in [5.74, 6) is 1.64. The summed E-state index contributed by atoms with van der Waals surface area (Å²) in [5, 5.41) is 0. The predicted octanol–water partition coefficient (Wildman–Crippen LogP) is 5.54. The number of benzene rings is 2. The highest BCUT2D eigenvalue weighted by molar-refractivity contribution is 5.34. The Morgan fingerprint density at radius 3 is 2.48 bits per heavy atom. The van der Waals surface area contributed by atoms with E-state index in [1.807, 2.05) is 0 Å². The molecule has 1 aliphatic heterocycles. The van der Waals surface area contributed by atoms with Gasteiger partial charge in [-0.15, -0.1) is 0 Å². The molecule has 25 heavy (non-hydrogen) atoms. The first-order chi connectivity index (χ1) is 12.0. The molecule has 1 nitrogen and oxygen atoms in total. The van der Waals surface area contributed by atoms with Gasteiger partial charge >= 0.3 is 0 Å². The van der Waals surface area contributed by atoms with Gasteiger partial charge in [0.15, 0.2) is 0 Å². The molecule has 1 aliphatic carbocycles. The van der Waals surface area contributed by atoms with E-state index in [4.69, 9.17) is 0 Å². The Hall–Kier alpha value is -1.60. The minimum atomic E-state index is 0.242. The summed E-state index contributed by atoms with van der Waals surface area (Å²) in [6, 6.07) is 18.5. The van der Waals surface area contributed by atoms with Crippen LogP contribution in [-0.2, 0) is 18.4 Å². The van der Waals surface area contributed by atoms with Crippen LogP contribution in [0.15, 0.2) is 48.5 Å². The highest BCUT2D eigenvalue weighted by atomic mass is 15.1. The lowest BCUT2D eigenvalue weighted by Crippen LogP contribution is -2.41. The molecule has 0 spiro atoms. The Bertz CT molecular complexity index is 723. The highest BCUT2D eigenvalue weighted by Gasteiger charge is 2.34. The Morgan fingerprint density at radius 1 is 0.960 bits per heavy atom. The zero-order chi connectivity index (χ0) is 17.4. The van der Waals surface area contributed by atoms with Crippen LogP contribution in [0.25, 0.3) is 0 Å². The lowest BCUT2D eigenvalue weighted by molar-refractivity contribution is 0.135. The van der Waals surface area contributed by atoms with Crippen molar-refractivity contribution >= 4 is 0 Å². The first kappa shape index (κ1) is 16.8. The van der Waals surface area contributed by atoms with Crippen LogP contribution in [0.5, 0.6) is 0 Å². The number of hydrogen-bond donors (Lipinski definition) is 0. The van der Waals surface area contributed by atoms with Crippen molar-refractivity contribution in [3.05, 3.63) is 70.8 Å². The van der Waals surface area contributed by atoms with Crippen LogP contribution >= 0.6 is 0 Å². The first-order valence-electron chi connectivity index (χ1n) is 9.90. The van der Waals surface area contributed by atoms with Crippen LogP contribution in [0.3, 0.4) is 0 Å². The second kappa shape index (κ2) is 6.61. The largest absolute Gasteiger partial charge is 0.299 e. The first-order valence-corrected chi connectivity index (χ1v) is 9.90. The molecule has 2 aromatic carbocycles. The summed E-state index contributed by atoms with van der Waals surface area (Å²) in [6.07, 6.45) is 3.95. The molecule has 132 valence electrons. The minimum Gasteiger partial charge on any atom is -0.299 e. The molecular weight excluding hydrogens is 302 g/mol. The lowest BCUT2D eigenvalue weighted by Gasteiger charge is -2.42. The SMILES string of the molecule is CC(C)(C)c1ccc(CN2CC[C@H]3c4ccccc4CC[C@@H]3C2)cc1. The van der Waals surface area contributed by atoms with Gasteiger partial charge < -0.3 is 0 Å². The van der Waals surface area contributed by atoms with E-state index in [2.05, 4.69) is 74.2 Å². The molecule has 0 radical (unpaired) electrons. The molecule has 0 N–H and O–H groups in total. The van der Waals surface area contributed by atoms with E-state index in [9.17, 15) is 0 Å². The monoisotopic (exact) mass is 333 g/mol. The van der Waals surface area contributed by atoms with Crippen LogP contribution in [0.4, 0.5) is 0 Å². The van der Waals surface area contributed by atoms with Crippen molar-refractivity contribution < 1.29 is 0 Å². The maximum atomic E-state index is 2.68. The van der Waals surface area contributed by atoms with E-state index in [0.29, 0.717) is 0 Å². The number of aryl methyl sites for hydroxylation is 1. The van der Waals surface area contributed by atoms with Crippen molar-refractivity contribution in [2.45, 2.75) is 57.9 Å². The van der Waals surface area contributed by atoms with E-state index in [1.165, 1.54) is 43.5 Å². The molecule has 1 fully saturated rings. The van der Waals surface area contributed by atoms with Crippen LogP contribution in [-0.4, -0.2) is 18.0 Å². The predicted molar refractivity (Wildman–Crippen MR) is 106 cm³/mol. The van der Waals surface area contributed by atoms with Gasteiger partial charge in [-0.05, 0) is 65.3 Å². The van der Waals surface area contributed by atoms with E-state index >= 15 is 0 Å². The fourth-order valence-corrected chi connectivity index (χ4v) is 4.79. The molecule has 2 atom stereocenters. The lowest BCUT2D eigenvalue weighted by atomic mass is 9.71. The van der Waals surface area contributed by atoms with Crippen molar-refractivity contribution in [2.75, 3.05) is 13.1 Å².